The highest BCUT2D eigenvalue weighted by molar-refractivity contribution is 6.09. The summed E-state index contributed by atoms with van der Waals surface area (Å²) in [4.78, 5) is 27.0. The molecule has 4 aliphatic rings. The lowest BCUT2D eigenvalue weighted by atomic mass is 9.96. The molecule has 1 saturated heterocycles. The number of fused-ring (bicyclic) bond motifs is 7. The van der Waals surface area contributed by atoms with Gasteiger partial charge >= 0.3 is 0 Å². The zero-order chi connectivity index (χ0) is 17.0. The number of nitrogens with one attached hydrogen (secondary N) is 1. The quantitative estimate of drug-likeness (QED) is 0.698. The molecule has 3 aliphatic heterocycles. The van der Waals surface area contributed by atoms with Crippen molar-refractivity contribution < 1.29 is 9.59 Å². The fourth-order valence-electron chi connectivity index (χ4n) is 4.19. The summed E-state index contributed by atoms with van der Waals surface area (Å²) < 4.78 is 0. The summed E-state index contributed by atoms with van der Waals surface area (Å²) in [6.45, 7) is 0. The van der Waals surface area contributed by atoms with Crippen LogP contribution in [0.15, 0.2) is 54.6 Å². The second-order valence-corrected chi connectivity index (χ2v) is 6.90. The Bertz CT molecular complexity index is 931. The lowest BCUT2D eigenvalue weighted by Gasteiger charge is -2.39. The Morgan fingerprint density at radius 2 is 1.72 bits per heavy atom. The number of piperazine rings is 1. The smallest absolute Gasteiger partial charge is 0.250 e. The number of carbonyl (C=O) groups excluding carboxylic acids is 2. The van der Waals surface area contributed by atoms with Crippen molar-refractivity contribution in [1.29, 1.82) is 0 Å². The summed E-state index contributed by atoms with van der Waals surface area (Å²) in [6.07, 6.45) is 6.00. The van der Waals surface area contributed by atoms with Gasteiger partial charge in [0, 0.05) is 5.69 Å². The zero-order valence-corrected chi connectivity index (χ0v) is 13.7. The third-order valence-electron chi connectivity index (χ3n) is 5.42. The molecular weight excluding hydrogens is 312 g/mol. The van der Waals surface area contributed by atoms with Crippen molar-refractivity contribution in [2.75, 3.05) is 4.90 Å². The summed E-state index contributed by atoms with van der Waals surface area (Å²) in [7, 11) is 0. The molecule has 2 atom stereocenters. The number of amides is 2. The van der Waals surface area contributed by atoms with Gasteiger partial charge < -0.3 is 5.32 Å². The van der Waals surface area contributed by atoms with Crippen LogP contribution in [0, 0.1) is 0 Å². The van der Waals surface area contributed by atoms with E-state index in [1.807, 2.05) is 18.2 Å². The standard InChI is InChI=1S/C21H18N2O2/c24-20-19-8-4-3-7-18(22-20)21(25)23(19)15-9-10-17-14(12-15)11-13-5-1-2-6-16(13)17/h1-6,9-10,12,18-19H,7-8,11H2,(H,22,24). The van der Waals surface area contributed by atoms with Gasteiger partial charge in [0.15, 0.2) is 0 Å². The maximum atomic E-state index is 12.9. The third-order valence-corrected chi connectivity index (χ3v) is 5.42. The Hall–Kier alpha value is -2.88. The highest BCUT2D eigenvalue weighted by Gasteiger charge is 2.41. The van der Waals surface area contributed by atoms with Gasteiger partial charge in [0.25, 0.3) is 5.91 Å². The number of hydrogen-bond donors (Lipinski definition) is 1. The zero-order valence-electron chi connectivity index (χ0n) is 13.7. The van der Waals surface area contributed by atoms with Gasteiger partial charge in [-0.15, -0.1) is 0 Å². The van der Waals surface area contributed by atoms with Gasteiger partial charge in [-0.1, -0.05) is 42.5 Å². The van der Waals surface area contributed by atoms with Gasteiger partial charge in [-0.25, -0.2) is 0 Å². The van der Waals surface area contributed by atoms with Gasteiger partial charge in [-0.2, -0.15) is 0 Å². The summed E-state index contributed by atoms with van der Waals surface area (Å²) in [6, 6.07) is 13.6. The molecule has 1 fully saturated rings. The number of carbonyl (C=O) groups is 2. The first-order chi connectivity index (χ1) is 12.2. The van der Waals surface area contributed by atoms with Crippen LogP contribution in [0.5, 0.6) is 0 Å². The molecule has 1 N–H and O–H groups in total. The van der Waals surface area contributed by atoms with Crippen LogP contribution in [-0.4, -0.2) is 23.9 Å². The van der Waals surface area contributed by atoms with Crippen LogP contribution in [0.2, 0.25) is 0 Å². The number of rotatable bonds is 1. The first-order valence-electron chi connectivity index (χ1n) is 8.72. The Morgan fingerprint density at radius 3 is 2.64 bits per heavy atom. The van der Waals surface area contributed by atoms with Crippen LogP contribution in [-0.2, 0) is 16.0 Å². The van der Waals surface area contributed by atoms with E-state index in [0.29, 0.717) is 12.8 Å². The topological polar surface area (TPSA) is 49.4 Å². The highest BCUT2D eigenvalue weighted by Crippen LogP contribution is 2.39. The largest absolute Gasteiger partial charge is 0.342 e. The molecule has 124 valence electrons. The Morgan fingerprint density at radius 1 is 0.920 bits per heavy atom. The molecule has 4 nitrogen and oxygen atoms in total. The van der Waals surface area contributed by atoms with Crippen LogP contribution in [0.25, 0.3) is 11.1 Å². The van der Waals surface area contributed by atoms with E-state index in [1.54, 1.807) is 4.90 Å². The minimum atomic E-state index is -0.456. The summed E-state index contributed by atoms with van der Waals surface area (Å²) >= 11 is 0. The predicted octanol–water partition coefficient (Wildman–Crippen LogP) is 2.81. The monoisotopic (exact) mass is 330 g/mol. The lowest BCUT2D eigenvalue weighted by Crippen LogP contribution is -2.64. The predicted molar refractivity (Wildman–Crippen MR) is 96.3 cm³/mol. The number of benzene rings is 2. The van der Waals surface area contributed by atoms with E-state index in [-0.39, 0.29) is 11.8 Å². The van der Waals surface area contributed by atoms with Gasteiger partial charge in [0.2, 0.25) is 5.91 Å². The second-order valence-electron chi connectivity index (χ2n) is 6.90. The molecule has 2 amide bonds. The van der Waals surface area contributed by atoms with Crippen LogP contribution in [0.4, 0.5) is 5.69 Å². The number of anilines is 1. The molecular formula is C21H18N2O2. The van der Waals surface area contributed by atoms with E-state index in [9.17, 15) is 9.59 Å². The van der Waals surface area contributed by atoms with Crippen molar-refractivity contribution in [3.63, 3.8) is 0 Å². The molecule has 2 aromatic carbocycles. The fraction of sp³-hybridized carbons (Fsp3) is 0.238. The van der Waals surface area contributed by atoms with E-state index in [2.05, 4.69) is 41.7 Å². The first kappa shape index (κ1) is 14.5. The molecule has 0 saturated carbocycles. The maximum Gasteiger partial charge on any atom is 0.250 e. The van der Waals surface area contributed by atoms with E-state index in [1.165, 1.54) is 22.3 Å². The van der Waals surface area contributed by atoms with E-state index < -0.39 is 12.1 Å². The molecule has 2 bridgehead atoms. The van der Waals surface area contributed by atoms with Crippen molar-refractivity contribution in [2.45, 2.75) is 31.3 Å². The minimum Gasteiger partial charge on any atom is -0.342 e. The normalized spacial score (nSPS) is 23.8. The van der Waals surface area contributed by atoms with Gasteiger partial charge in [0.1, 0.15) is 12.1 Å². The SMILES string of the molecule is O=C1NC2CC=CCC1N(c1ccc3c(c1)Cc1ccccc1-3)C2=O. The van der Waals surface area contributed by atoms with E-state index >= 15 is 0 Å². The average Bonchev–Trinajstić information content (AvgIpc) is 2.97. The summed E-state index contributed by atoms with van der Waals surface area (Å²) in [5.74, 6) is -0.0675. The molecule has 25 heavy (non-hydrogen) atoms. The molecule has 0 aromatic heterocycles. The molecule has 6 rings (SSSR count). The molecule has 0 spiro atoms. The second kappa shape index (κ2) is 5.31. The van der Waals surface area contributed by atoms with Gasteiger partial charge in [0.05, 0.1) is 0 Å². The van der Waals surface area contributed by atoms with Crippen LogP contribution in [0.3, 0.4) is 0 Å². The number of nitrogens with zero attached hydrogens (tertiary/aromatic N) is 1. The summed E-state index contributed by atoms with van der Waals surface area (Å²) in [5, 5.41) is 2.85. The van der Waals surface area contributed by atoms with Crippen molar-refractivity contribution in [1.82, 2.24) is 5.32 Å². The van der Waals surface area contributed by atoms with Crippen LogP contribution < -0.4 is 10.2 Å². The van der Waals surface area contributed by atoms with Crippen molar-refractivity contribution in [3.8, 4) is 11.1 Å². The molecule has 1 aliphatic carbocycles. The summed E-state index contributed by atoms with van der Waals surface area (Å²) in [5.41, 5.74) is 5.87. The molecule has 2 aromatic rings. The molecule has 2 unspecified atom stereocenters. The van der Waals surface area contributed by atoms with E-state index in [0.717, 1.165) is 12.1 Å². The fourth-order valence-corrected chi connectivity index (χ4v) is 4.19. The van der Waals surface area contributed by atoms with Gasteiger partial charge in [-0.3, -0.25) is 14.5 Å². The maximum absolute atomic E-state index is 12.9. The molecule has 3 heterocycles. The highest BCUT2D eigenvalue weighted by atomic mass is 16.2. The van der Waals surface area contributed by atoms with Crippen molar-refractivity contribution in [2.24, 2.45) is 0 Å². The Labute approximate surface area is 146 Å². The minimum absolute atomic E-state index is 0.00980. The Balaban J connectivity index is 1.58. The third kappa shape index (κ3) is 2.14. The van der Waals surface area contributed by atoms with Crippen LogP contribution >= 0.6 is 0 Å². The molecule has 0 radical (unpaired) electrons. The lowest BCUT2D eigenvalue weighted by molar-refractivity contribution is -0.133. The molecule has 4 heteroatoms. The van der Waals surface area contributed by atoms with Crippen molar-refractivity contribution >= 4 is 17.5 Å². The first-order valence-corrected chi connectivity index (χ1v) is 8.72. The number of hydrogen-bond acceptors (Lipinski definition) is 2. The van der Waals surface area contributed by atoms with Gasteiger partial charge in [-0.05, 0) is 53.6 Å². The van der Waals surface area contributed by atoms with E-state index in [4.69, 9.17) is 0 Å². The average molecular weight is 330 g/mol. The van der Waals surface area contributed by atoms with Crippen LogP contribution in [0.1, 0.15) is 24.0 Å². The van der Waals surface area contributed by atoms with Crippen molar-refractivity contribution in [3.05, 3.63) is 65.7 Å². The Kier molecular flexibility index (Phi) is 3.07.